The Hall–Kier alpha value is -7.10. The molecule has 76 heavy (non-hydrogen) atoms. The summed E-state index contributed by atoms with van der Waals surface area (Å²) in [6, 6.07) is 31.1. The maximum Gasteiger partial charge on any atom is 0.338 e. The first-order chi connectivity index (χ1) is 37.0. The number of hydrogen-bond donors (Lipinski definition) is 0. The quantitative estimate of drug-likeness (QED) is 0.0158. The van der Waals surface area contributed by atoms with Crippen LogP contribution in [0.5, 0.6) is 0 Å². The Morgan fingerprint density at radius 1 is 0.487 bits per heavy atom. The molecule has 0 saturated carbocycles. The summed E-state index contributed by atoms with van der Waals surface area (Å²) in [4.78, 5) is 49.2. The predicted molar refractivity (Wildman–Crippen MR) is 269 cm³/mol. The van der Waals surface area contributed by atoms with Gasteiger partial charge in [0, 0.05) is 27.8 Å². The number of benzene rings is 4. The fourth-order valence-electron chi connectivity index (χ4n) is 9.12. The molecule has 0 aliphatic carbocycles. The molecule has 0 amide bonds. The molecule has 23 nitrogen and oxygen atoms in total. The first-order valence-electron chi connectivity index (χ1n) is 24.9. The van der Waals surface area contributed by atoms with Gasteiger partial charge in [-0.3, -0.25) is 4.79 Å². The van der Waals surface area contributed by atoms with Gasteiger partial charge in [-0.25, -0.2) is 9.59 Å². The van der Waals surface area contributed by atoms with E-state index in [9.17, 15) is 31.0 Å². The number of nitrogens with zero attached hydrogens (tertiary/aromatic N) is 9. The van der Waals surface area contributed by atoms with E-state index in [-0.39, 0.29) is 43.3 Å². The van der Waals surface area contributed by atoms with Crippen molar-refractivity contribution in [1.29, 1.82) is 0 Å². The average Bonchev–Trinajstić information content (AvgIpc) is 3.45. The van der Waals surface area contributed by atoms with Crippen LogP contribution < -0.4 is 0 Å². The van der Waals surface area contributed by atoms with Crippen LogP contribution in [0.4, 0.5) is 0 Å². The molecule has 0 N–H and O–H groups in total. The van der Waals surface area contributed by atoms with Crippen molar-refractivity contribution in [3.05, 3.63) is 175 Å². The summed E-state index contributed by atoms with van der Waals surface area (Å²) in [5.41, 5.74) is 31.6. The summed E-state index contributed by atoms with van der Waals surface area (Å²) < 4.78 is 70.5. The molecule has 0 spiro atoms. The molecule has 23 heteroatoms. The van der Waals surface area contributed by atoms with Crippen LogP contribution in [0.25, 0.3) is 31.3 Å². The van der Waals surface area contributed by atoms with E-state index in [0.29, 0.717) is 19.3 Å². The van der Waals surface area contributed by atoms with Crippen LogP contribution >= 0.6 is 0 Å². The van der Waals surface area contributed by atoms with Crippen LogP contribution in [-0.4, -0.2) is 124 Å². The molecule has 4 aromatic carbocycles. The van der Waals surface area contributed by atoms with E-state index in [4.69, 9.17) is 52.1 Å². The van der Waals surface area contributed by atoms with Crippen molar-refractivity contribution in [1.82, 2.24) is 0 Å². The van der Waals surface area contributed by atoms with Gasteiger partial charge in [-0.2, -0.15) is 0 Å². The van der Waals surface area contributed by atoms with Crippen LogP contribution in [0, 0.1) is 0 Å². The summed E-state index contributed by atoms with van der Waals surface area (Å²) in [6.07, 6.45) is -13.3. The number of methoxy groups -OCH3 is 1. The molecule has 0 bridgehead atoms. The van der Waals surface area contributed by atoms with Crippen LogP contribution in [0.15, 0.2) is 137 Å². The Bertz CT molecular complexity index is 2630. The lowest BCUT2D eigenvalue weighted by atomic mass is 9.94. The summed E-state index contributed by atoms with van der Waals surface area (Å²) in [6.45, 7) is 5.07. The molecule has 3 heterocycles. The SMILES string of the molecule is COC(=O)CCCCCO[C@H]1O[C@@H](C)C(N=[N+]=[N-])C(OCc2ccccc2)C1O[C@H]1OC(C)C(N=[N+]=[N-])C(O[C@H]2OC(C)C(N=[N+]=[N-])C(OC(=O)c3ccccc3)C2OC(=O)c2ccccc2)C1OCc1ccccc1. The van der Waals surface area contributed by atoms with Gasteiger partial charge in [0.15, 0.2) is 31.1 Å². The van der Waals surface area contributed by atoms with Crippen molar-refractivity contribution < 1.29 is 66.5 Å². The largest absolute Gasteiger partial charge is 0.469 e. The van der Waals surface area contributed by atoms with Crippen molar-refractivity contribution >= 4 is 17.9 Å². The molecule has 4 aromatic rings. The monoisotopic (exact) mass is 1050 g/mol. The number of azide groups is 3. The minimum absolute atomic E-state index is 0.0590. The van der Waals surface area contributed by atoms with Gasteiger partial charge >= 0.3 is 17.9 Å². The van der Waals surface area contributed by atoms with Crippen molar-refractivity contribution in [3.8, 4) is 0 Å². The zero-order valence-corrected chi connectivity index (χ0v) is 42.4. The Morgan fingerprint density at radius 2 is 0.908 bits per heavy atom. The number of ether oxygens (including phenoxy) is 11. The number of hydrogen-bond acceptors (Lipinski definition) is 17. The van der Waals surface area contributed by atoms with Crippen molar-refractivity contribution in [3.63, 3.8) is 0 Å². The van der Waals surface area contributed by atoms with E-state index < -0.39 is 104 Å². The molecular formula is C53H61N9O14. The molecule has 11 unspecified atom stereocenters. The third-order valence-electron chi connectivity index (χ3n) is 13.0. The fraction of sp³-hybridized carbons (Fsp3) is 0.491. The van der Waals surface area contributed by atoms with E-state index in [1.165, 1.54) is 31.4 Å². The molecule has 3 saturated heterocycles. The minimum atomic E-state index is -1.65. The number of unbranched alkanes of at least 4 members (excludes halogenated alkanes) is 2. The maximum absolute atomic E-state index is 14.1. The second kappa shape index (κ2) is 28.7. The van der Waals surface area contributed by atoms with Crippen molar-refractivity contribution in [2.24, 2.45) is 15.3 Å². The van der Waals surface area contributed by atoms with Gasteiger partial charge in [-0.15, -0.1) is 0 Å². The zero-order chi connectivity index (χ0) is 53.8. The van der Waals surface area contributed by atoms with Gasteiger partial charge < -0.3 is 52.1 Å². The predicted octanol–water partition coefficient (Wildman–Crippen LogP) is 9.40. The van der Waals surface area contributed by atoms with Crippen molar-refractivity contribution in [2.75, 3.05) is 13.7 Å². The highest BCUT2D eigenvalue weighted by Gasteiger charge is 2.56. The highest BCUT2D eigenvalue weighted by molar-refractivity contribution is 5.90. The maximum atomic E-state index is 14.1. The van der Waals surface area contributed by atoms with E-state index in [1.54, 1.807) is 57.2 Å². The van der Waals surface area contributed by atoms with Gasteiger partial charge in [-0.05, 0) is 85.6 Å². The second-order valence-corrected chi connectivity index (χ2v) is 18.2. The fourth-order valence-corrected chi connectivity index (χ4v) is 9.12. The zero-order valence-electron chi connectivity index (χ0n) is 42.4. The number of rotatable bonds is 24. The molecule has 3 aliphatic rings. The first-order valence-corrected chi connectivity index (χ1v) is 24.9. The number of carbonyl (C=O) groups is 3. The third-order valence-corrected chi connectivity index (χ3v) is 13.0. The second-order valence-electron chi connectivity index (χ2n) is 18.2. The topological polar surface area (TPSA) is 299 Å². The molecule has 15 atom stereocenters. The van der Waals surface area contributed by atoms with Crippen LogP contribution in [0.2, 0.25) is 0 Å². The molecule has 0 aromatic heterocycles. The van der Waals surface area contributed by atoms with Crippen molar-refractivity contribution in [2.45, 2.75) is 152 Å². The van der Waals surface area contributed by atoms with Gasteiger partial charge in [0.05, 0.1) is 61.8 Å². The standard InChI is InChI=1S/C53H61N9O14/c1-32-40(57-60-54)43(68-30-35-20-10-5-11-21-35)47(51(70-32)67-29-19-9-18-28-39(63)66-4)76-52-46(69-31-36-22-12-6-13-23-36)44(41(58-61-55)33(2)71-52)75-53-48(74-50(65)38-26-16-8-17-27-38)45(42(59-62-56)34(3)72-53)73-49(64)37-24-14-7-15-25-37/h5-8,10-17,20-27,32-34,40-48,51-53H,9,18-19,28-31H2,1-4H3/t32-,33?,34?,40?,41?,42?,43?,44?,45?,46?,47?,48?,51-,52+,53+/m0/s1. The Kier molecular flexibility index (Phi) is 21.4. The summed E-state index contributed by atoms with van der Waals surface area (Å²) in [7, 11) is 1.33. The highest BCUT2D eigenvalue weighted by Crippen LogP contribution is 2.39. The lowest BCUT2D eigenvalue weighted by molar-refractivity contribution is -0.368. The molecule has 3 fully saturated rings. The van der Waals surface area contributed by atoms with Crippen LogP contribution in [0.3, 0.4) is 0 Å². The summed E-state index contributed by atoms with van der Waals surface area (Å²) in [5.74, 6) is -2.01. The van der Waals surface area contributed by atoms with Crippen LogP contribution in [0.1, 0.15) is 78.3 Å². The average molecular weight is 1050 g/mol. The summed E-state index contributed by atoms with van der Waals surface area (Å²) >= 11 is 0. The smallest absolute Gasteiger partial charge is 0.338 e. The molecule has 0 radical (unpaired) electrons. The number of carbonyl (C=O) groups excluding carboxylic acids is 3. The van der Waals surface area contributed by atoms with Gasteiger partial charge in [0.2, 0.25) is 0 Å². The Morgan fingerprint density at radius 3 is 1.41 bits per heavy atom. The Balaban J connectivity index is 1.29. The highest BCUT2D eigenvalue weighted by atomic mass is 16.8. The number of esters is 3. The lowest BCUT2D eigenvalue weighted by Gasteiger charge is -2.50. The van der Waals surface area contributed by atoms with Gasteiger partial charge in [-0.1, -0.05) is 119 Å². The third kappa shape index (κ3) is 15.1. The Labute approximate surface area is 438 Å². The molecule has 7 rings (SSSR count). The van der Waals surface area contributed by atoms with E-state index in [0.717, 1.165) is 11.1 Å². The van der Waals surface area contributed by atoms with E-state index >= 15 is 0 Å². The summed E-state index contributed by atoms with van der Waals surface area (Å²) in [5, 5.41) is 12.2. The molecule has 3 aliphatic heterocycles. The molecular weight excluding hydrogens is 987 g/mol. The van der Waals surface area contributed by atoms with E-state index in [2.05, 4.69) is 30.1 Å². The van der Waals surface area contributed by atoms with Gasteiger partial charge in [0.25, 0.3) is 0 Å². The molecule has 402 valence electrons. The van der Waals surface area contributed by atoms with Gasteiger partial charge in [0.1, 0.15) is 30.5 Å². The first kappa shape index (κ1) is 56.6. The lowest BCUT2D eigenvalue weighted by Crippen LogP contribution is -2.66. The van der Waals surface area contributed by atoms with E-state index in [1.807, 2.05) is 60.7 Å². The van der Waals surface area contributed by atoms with Crippen LogP contribution in [-0.2, 0) is 70.1 Å². The minimum Gasteiger partial charge on any atom is -0.469 e. The normalized spacial score (nSPS) is 29.0.